The molecule has 0 atom stereocenters. The van der Waals surface area contributed by atoms with Gasteiger partial charge in [-0.2, -0.15) is 0 Å². The minimum atomic E-state index is -0.920. The zero-order chi connectivity index (χ0) is 19.6. The van der Waals surface area contributed by atoms with E-state index in [1.54, 1.807) is 29.8 Å². The Labute approximate surface area is 164 Å². The fourth-order valence-electron chi connectivity index (χ4n) is 3.34. The molecule has 0 spiro atoms. The molecule has 0 aromatic carbocycles. The standard InChI is InChI=1S/C19H18FN5O2S/c20-13-3-1-8-21-17(13)19(6-2-7-19)11-22-15-5-4-14(24-25-15)18-23-12(10-28-18)9-16(26)27/h1,3-5,8,10H,2,6-7,9,11H2,(H,22,25)(H,26,27). The second kappa shape index (κ2) is 7.59. The maximum Gasteiger partial charge on any atom is 0.309 e. The maximum atomic E-state index is 14.2. The molecule has 4 rings (SSSR count). The average Bonchev–Trinajstić information content (AvgIpc) is 3.10. The molecule has 9 heteroatoms. The largest absolute Gasteiger partial charge is 0.481 e. The maximum absolute atomic E-state index is 14.2. The summed E-state index contributed by atoms with van der Waals surface area (Å²) in [6.45, 7) is 0.537. The summed E-state index contributed by atoms with van der Waals surface area (Å²) >= 11 is 1.33. The first-order valence-electron chi connectivity index (χ1n) is 8.91. The van der Waals surface area contributed by atoms with Crippen LogP contribution >= 0.6 is 11.3 Å². The predicted octanol–water partition coefficient (Wildman–Crippen LogP) is 3.30. The lowest BCUT2D eigenvalue weighted by Gasteiger charge is -2.41. The average molecular weight is 399 g/mol. The molecule has 0 aliphatic heterocycles. The number of hydrogen-bond acceptors (Lipinski definition) is 7. The Hall–Kier alpha value is -2.94. The van der Waals surface area contributed by atoms with Gasteiger partial charge < -0.3 is 10.4 Å². The number of anilines is 1. The molecule has 7 nitrogen and oxygen atoms in total. The van der Waals surface area contributed by atoms with Crippen LogP contribution in [0.5, 0.6) is 0 Å². The topological polar surface area (TPSA) is 101 Å². The molecule has 1 saturated carbocycles. The van der Waals surface area contributed by atoms with E-state index in [9.17, 15) is 9.18 Å². The molecule has 0 unspecified atom stereocenters. The summed E-state index contributed by atoms with van der Waals surface area (Å²) in [4.78, 5) is 19.3. The van der Waals surface area contributed by atoms with Gasteiger partial charge in [-0.05, 0) is 37.1 Å². The summed E-state index contributed by atoms with van der Waals surface area (Å²) in [5.41, 5.74) is 1.28. The molecule has 0 amide bonds. The van der Waals surface area contributed by atoms with E-state index >= 15 is 0 Å². The van der Waals surface area contributed by atoms with Gasteiger partial charge in [0.15, 0.2) is 0 Å². The van der Waals surface area contributed by atoms with Gasteiger partial charge in [0.1, 0.15) is 22.3 Å². The number of nitrogens with one attached hydrogen (secondary N) is 1. The third kappa shape index (κ3) is 3.70. The molecule has 3 aromatic rings. The van der Waals surface area contributed by atoms with E-state index in [0.29, 0.717) is 34.5 Å². The van der Waals surface area contributed by atoms with Crippen LogP contribution in [0.4, 0.5) is 10.2 Å². The Kier molecular flexibility index (Phi) is 4.99. The van der Waals surface area contributed by atoms with E-state index in [0.717, 1.165) is 19.3 Å². The monoisotopic (exact) mass is 399 g/mol. The predicted molar refractivity (Wildman–Crippen MR) is 103 cm³/mol. The van der Waals surface area contributed by atoms with Gasteiger partial charge in [-0.15, -0.1) is 21.5 Å². The normalized spacial score (nSPS) is 15.0. The summed E-state index contributed by atoms with van der Waals surface area (Å²) in [5.74, 6) is -0.600. The van der Waals surface area contributed by atoms with Crippen molar-refractivity contribution in [2.75, 3.05) is 11.9 Å². The van der Waals surface area contributed by atoms with E-state index in [-0.39, 0.29) is 17.7 Å². The molecular weight excluding hydrogens is 381 g/mol. The van der Waals surface area contributed by atoms with Crippen molar-refractivity contribution in [2.45, 2.75) is 31.1 Å². The van der Waals surface area contributed by atoms with Crippen molar-refractivity contribution in [1.82, 2.24) is 20.2 Å². The fourth-order valence-corrected chi connectivity index (χ4v) is 4.12. The number of rotatable bonds is 7. The van der Waals surface area contributed by atoms with E-state index in [4.69, 9.17) is 5.11 Å². The minimum absolute atomic E-state index is 0.115. The Morgan fingerprint density at radius 2 is 2.14 bits per heavy atom. The number of carboxylic acids is 1. The van der Waals surface area contributed by atoms with E-state index in [2.05, 4.69) is 25.5 Å². The zero-order valence-corrected chi connectivity index (χ0v) is 15.7. The summed E-state index contributed by atoms with van der Waals surface area (Å²) < 4.78 is 14.2. The number of pyridine rings is 1. The lowest BCUT2D eigenvalue weighted by atomic mass is 9.66. The van der Waals surface area contributed by atoms with Crippen molar-refractivity contribution in [3.05, 3.63) is 53.0 Å². The highest BCUT2D eigenvalue weighted by Crippen LogP contribution is 2.43. The number of aromatic nitrogens is 4. The fraction of sp³-hybridized carbons (Fsp3) is 0.316. The molecule has 144 valence electrons. The number of carbonyl (C=O) groups is 1. The summed E-state index contributed by atoms with van der Waals surface area (Å²) in [6.07, 6.45) is 4.32. The highest BCUT2D eigenvalue weighted by molar-refractivity contribution is 7.13. The molecule has 0 saturated heterocycles. The third-order valence-corrected chi connectivity index (χ3v) is 5.86. The zero-order valence-electron chi connectivity index (χ0n) is 14.9. The van der Waals surface area contributed by atoms with Gasteiger partial charge in [0.25, 0.3) is 0 Å². The highest BCUT2D eigenvalue weighted by Gasteiger charge is 2.41. The van der Waals surface area contributed by atoms with Gasteiger partial charge in [0, 0.05) is 23.5 Å². The summed E-state index contributed by atoms with van der Waals surface area (Å²) in [5, 5.41) is 22.8. The Morgan fingerprint density at radius 1 is 1.29 bits per heavy atom. The Bertz CT molecular complexity index is 988. The van der Waals surface area contributed by atoms with Crippen molar-refractivity contribution in [3.63, 3.8) is 0 Å². The number of carboxylic acid groups (broad SMARTS) is 1. The lowest BCUT2D eigenvalue weighted by molar-refractivity contribution is -0.136. The van der Waals surface area contributed by atoms with Crippen molar-refractivity contribution in [2.24, 2.45) is 0 Å². The van der Waals surface area contributed by atoms with Crippen LogP contribution < -0.4 is 5.32 Å². The Balaban J connectivity index is 1.44. The molecule has 3 heterocycles. The van der Waals surface area contributed by atoms with Crippen LogP contribution in [0.2, 0.25) is 0 Å². The van der Waals surface area contributed by atoms with Gasteiger partial charge in [-0.3, -0.25) is 9.78 Å². The Morgan fingerprint density at radius 3 is 2.79 bits per heavy atom. The molecule has 0 radical (unpaired) electrons. The van der Waals surface area contributed by atoms with Gasteiger partial charge in [-0.1, -0.05) is 6.42 Å². The number of thiazole rings is 1. The van der Waals surface area contributed by atoms with E-state index < -0.39 is 5.97 Å². The molecule has 1 fully saturated rings. The molecular formula is C19H18FN5O2S. The SMILES string of the molecule is O=C(O)Cc1csc(-c2ccc(NCC3(c4ncccc4F)CCC3)nn2)n1. The van der Waals surface area contributed by atoms with Gasteiger partial charge in [0.05, 0.1) is 17.8 Å². The van der Waals surface area contributed by atoms with Crippen LogP contribution in [0.15, 0.2) is 35.8 Å². The number of halogens is 1. The molecule has 1 aliphatic rings. The van der Waals surface area contributed by atoms with Crippen molar-refractivity contribution in [1.29, 1.82) is 0 Å². The van der Waals surface area contributed by atoms with Crippen molar-refractivity contribution < 1.29 is 14.3 Å². The molecule has 0 bridgehead atoms. The summed E-state index contributed by atoms with van der Waals surface area (Å²) in [6, 6.07) is 6.63. The molecule has 1 aliphatic carbocycles. The van der Waals surface area contributed by atoms with Crippen LogP contribution in [0.1, 0.15) is 30.7 Å². The van der Waals surface area contributed by atoms with Crippen LogP contribution in [-0.2, 0) is 16.6 Å². The smallest absolute Gasteiger partial charge is 0.309 e. The molecule has 2 N–H and O–H groups in total. The lowest BCUT2D eigenvalue weighted by Crippen LogP contribution is -2.42. The molecule has 3 aromatic heterocycles. The van der Waals surface area contributed by atoms with Crippen LogP contribution in [0, 0.1) is 5.82 Å². The van der Waals surface area contributed by atoms with Crippen LogP contribution in [0.25, 0.3) is 10.7 Å². The second-order valence-corrected chi connectivity index (χ2v) is 7.70. The van der Waals surface area contributed by atoms with Gasteiger partial charge in [-0.25, -0.2) is 9.37 Å². The summed E-state index contributed by atoms with van der Waals surface area (Å²) in [7, 11) is 0. The molecule has 28 heavy (non-hydrogen) atoms. The highest BCUT2D eigenvalue weighted by atomic mass is 32.1. The second-order valence-electron chi connectivity index (χ2n) is 6.84. The van der Waals surface area contributed by atoms with Crippen molar-refractivity contribution >= 4 is 23.1 Å². The van der Waals surface area contributed by atoms with Gasteiger partial charge >= 0.3 is 5.97 Å². The third-order valence-electron chi connectivity index (χ3n) is 4.95. The van der Waals surface area contributed by atoms with Crippen molar-refractivity contribution in [3.8, 4) is 10.7 Å². The van der Waals surface area contributed by atoms with Crippen LogP contribution in [0.3, 0.4) is 0 Å². The number of aliphatic carboxylic acids is 1. The van der Waals surface area contributed by atoms with E-state index in [1.165, 1.54) is 17.4 Å². The van der Waals surface area contributed by atoms with Crippen LogP contribution in [-0.4, -0.2) is 37.8 Å². The quantitative estimate of drug-likeness (QED) is 0.629. The van der Waals surface area contributed by atoms with Gasteiger partial charge in [0.2, 0.25) is 0 Å². The minimum Gasteiger partial charge on any atom is -0.481 e. The number of nitrogens with zero attached hydrogens (tertiary/aromatic N) is 4. The first kappa shape index (κ1) is 18.4. The number of hydrogen-bond donors (Lipinski definition) is 2. The first-order valence-corrected chi connectivity index (χ1v) is 9.79. The van der Waals surface area contributed by atoms with E-state index in [1.807, 2.05) is 0 Å². The first-order chi connectivity index (χ1) is 13.6.